The van der Waals surface area contributed by atoms with E-state index in [2.05, 4.69) is 17.4 Å². The standard InChI is InChI=1S/C24H27NO6/c1-24(2,3)31-23(29)25-19(11-12-20(26)27)22(28)30-14-17-9-6-8-16-13-15-7-4-5-10-18(15)21(16)17/h4-10,19H,11-14H2,1-3H3,(H,25,29)(H,26,27). The van der Waals surface area contributed by atoms with Crippen LogP contribution in [0, 0.1) is 0 Å². The predicted octanol–water partition coefficient (Wildman–Crippen LogP) is 4.06. The summed E-state index contributed by atoms with van der Waals surface area (Å²) in [4.78, 5) is 35.8. The van der Waals surface area contributed by atoms with Crippen LogP contribution in [-0.4, -0.2) is 34.8 Å². The van der Waals surface area contributed by atoms with Crippen molar-refractivity contribution in [3.63, 3.8) is 0 Å². The number of carbonyl (C=O) groups excluding carboxylic acids is 2. The van der Waals surface area contributed by atoms with E-state index in [-0.39, 0.29) is 19.4 Å². The van der Waals surface area contributed by atoms with Crippen molar-refractivity contribution >= 4 is 18.0 Å². The Kier molecular flexibility index (Phi) is 6.63. The summed E-state index contributed by atoms with van der Waals surface area (Å²) in [7, 11) is 0. The minimum absolute atomic E-state index is 0.0237. The lowest BCUT2D eigenvalue weighted by molar-refractivity contribution is -0.148. The number of benzene rings is 2. The molecule has 1 amide bonds. The number of rotatable bonds is 7. The number of hydrogen-bond donors (Lipinski definition) is 2. The van der Waals surface area contributed by atoms with Crippen molar-refractivity contribution in [2.45, 2.75) is 58.3 Å². The van der Waals surface area contributed by atoms with Crippen molar-refractivity contribution < 1.29 is 29.0 Å². The van der Waals surface area contributed by atoms with E-state index in [1.54, 1.807) is 20.8 Å². The maximum Gasteiger partial charge on any atom is 0.408 e. The summed E-state index contributed by atoms with van der Waals surface area (Å²) in [5, 5.41) is 11.4. The first-order valence-corrected chi connectivity index (χ1v) is 10.2. The molecule has 7 nitrogen and oxygen atoms in total. The molecular weight excluding hydrogens is 398 g/mol. The molecule has 7 heteroatoms. The van der Waals surface area contributed by atoms with Crippen LogP contribution in [0.1, 0.15) is 50.3 Å². The zero-order valence-corrected chi connectivity index (χ0v) is 17.9. The third kappa shape index (κ3) is 5.84. The van der Waals surface area contributed by atoms with E-state index in [0.717, 1.165) is 23.1 Å². The maximum absolute atomic E-state index is 12.7. The normalized spacial score (nSPS) is 13.0. The van der Waals surface area contributed by atoms with Crippen molar-refractivity contribution in [2.75, 3.05) is 0 Å². The van der Waals surface area contributed by atoms with E-state index in [1.165, 1.54) is 11.1 Å². The molecule has 0 bridgehead atoms. The summed E-state index contributed by atoms with van der Waals surface area (Å²) in [6.45, 7) is 5.12. The summed E-state index contributed by atoms with van der Waals surface area (Å²) < 4.78 is 10.7. The predicted molar refractivity (Wildman–Crippen MR) is 115 cm³/mol. The van der Waals surface area contributed by atoms with Gasteiger partial charge < -0.3 is 19.9 Å². The van der Waals surface area contributed by atoms with Gasteiger partial charge in [-0.2, -0.15) is 0 Å². The quantitative estimate of drug-likeness (QED) is 0.554. The Bertz CT molecular complexity index is 992. The van der Waals surface area contributed by atoms with Gasteiger partial charge in [-0.1, -0.05) is 42.5 Å². The Labute approximate surface area is 181 Å². The van der Waals surface area contributed by atoms with Gasteiger partial charge in [0.15, 0.2) is 0 Å². The molecule has 0 aromatic heterocycles. The van der Waals surface area contributed by atoms with Gasteiger partial charge in [0.1, 0.15) is 18.2 Å². The number of carboxylic acid groups (broad SMARTS) is 1. The molecule has 0 heterocycles. The van der Waals surface area contributed by atoms with Crippen LogP contribution in [-0.2, 0) is 32.1 Å². The molecule has 1 aliphatic carbocycles. The highest BCUT2D eigenvalue weighted by molar-refractivity contribution is 5.83. The second-order valence-corrected chi connectivity index (χ2v) is 8.52. The number of carboxylic acids is 1. The largest absolute Gasteiger partial charge is 0.481 e. The zero-order valence-electron chi connectivity index (χ0n) is 17.9. The lowest BCUT2D eigenvalue weighted by atomic mass is 10.00. The minimum Gasteiger partial charge on any atom is -0.481 e. The monoisotopic (exact) mass is 425 g/mol. The molecule has 1 aliphatic rings. The molecule has 1 atom stereocenters. The SMILES string of the molecule is CC(C)(C)OC(=O)NC(CCC(=O)O)C(=O)OCc1cccc2c1-c1ccccc1C2. The summed E-state index contributed by atoms with van der Waals surface area (Å²) in [6, 6.07) is 12.9. The van der Waals surface area contributed by atoms with Crippen LogP contribution in [0.2, 0.25) is 0 Å². The number of amides is 1. The van der Waals surface area contributed by atoms with Crippen LogP contribution >= 0.6 is 0 Å². The van der Waals surface area contributed by atoms with E-state index in [4.69, 9.17) is 14.6 Å². The van der Waals surface area contributed by atoms with Crippen LogP contribution < -0.4 is 5.32 Å². The molecule has 0 fully saturated rings. The maximum atomic E-state index is 12.7. The van der Waals surface area contributed by atoms with E-state index in [0.29, 0.717) is 0 Å². The number of hydrogen-bond acceptors (Lipinski definition) is 5. The van der Waals surface area contributed by atoms with Crippen LogP contribution in [0.15, 0.2) is 42.5 Å². The van der Waals surface area contributed by atoms with Crippen LogP contribution in [0.5, 0.6) is 0 Å². The highest BCUT2D eigenvalue weighted by atomic mass is 16.6. The second kappa shape index (κ2) is 9.20. The summed E-state index contributed by atoms with van der Waals surface area (Å²) in [5.74, 6) is -1.77. The molecule has 3 rings (SSSR count). The highest BCUT2D eigenvalue weighted by Crippen LogP contribution is 2.39. The zero-order chi connectivity index (χ0) is 22.6. The fourth-order valence-electron chi connectivity index (χ4n) is 3.61. The Morgan fingerprint density at radius 2 is 1.77 bits per heavy atom. The molecule has 164 valence electrons. The number of nitrogens with one attached hydrogen (secondary N) is 1. The first kappa shape index (κ1) is 22.3. The summed E-state index contributed by atoms with van der Waals surface area (Å²) in [5.41, 5.74) is 4.70. The molecule has 0 radical (unpaired) electrons. The van der Waals surface area contributed by atoms with Gasteiger partial charge in [0.05, 0.1) is 0 Å². The van der Waals surface area contributed by atoms with Gasteiger partial charge in [0.2, 0.25) is 0 Å². The molecule has 2 aromatic carbocycles. The lowest BCUT2D eigenvalue weighted by Gasteiger charge is -2.23. The van der Waals surface area contributed by atoms with E-state index in [1.807, 2.05) is 30.3 Å². The van der Waals surface area contributed by atoms with Crippen molar-refractivity contribution in [1.82, 2.24) is 5.32 Å². The molecule has 2 N–H and O–H groups in total. The van der Waals surface area contributed by atoms with Gasteiger partial charge in [-0.15, -0.1) is 0 Å². The van der Waals surface area contributed by atoms with Gasteiger partial charge in [-0.3, -0.25) is 4.79 Å². The second-order valence-electron chi connectivity index (χ2n) is 8.52. The molecule has 0 aliphatic heterocycles. The van der Waals surface area contributed by atoms with Crippen LogP contribution in [0.4, 0.5) is 4.79 Å². The summed E-state index contributed by atoms with van der Waals surface area (Å²) >= 11 is 0. The number of ether oxygens (including phenoxy) is 2. The Morgan fingerprint density at radius 1 is 1.06 bits per heavy atom. The van der Waals surface area contributed by atoms with Gasteiger partial charge in [0.25, 0.3) is 0 Å². The molecule has 1 unspecified atom stereocenters. The minimum atomic E-state index is -1.12. The molecule has 0 saturated carbocycles. The number of alkyl carbamates (subject to hydrolysis) is 1. The number of esters is 1. The average molecular weight is 425 g/mol. The lowest BCUT2D eigenvalue weighted by Crippen LogP contribution is -2.44. The van der Waals surface area contributed by atoms with E-state index < -0.39 is 29.7 Å². The molecule has 2 aromatic rings. The Balaban J connectivity index is 1.71. The van der Waals surface area contributed by atoms with Crippen molar-refractivity contribution in [1.29, 1.82) is 0 Å². The van der Waals surface area contributed by atoms with Crippen molar-refractivity contribution in [2.24, 2.45) is 0 Å². The number of aliphatic carboxylic acids is 1. The third-order valence-corrected chi connectivity index (χ3v) is 4.90. The van der Waals surface area contributed by atoms with Gasteiger partial charge in [-0.05, 0) is 61.4 Å². The Morgan fingerprint density at radius 3 is 2.48 bits per heavy atom. The van der Waals surface area contributed by atoms with Crippen LogP contribution in [0.25, 0.3) is 11.1 Å². The Hall–Kier alpha value is -3.35. The van der Waals surface area contributed by atoms with E-state index >= 15 is 0 Å². The fourth-order valence-corrected chi connectivity index (χ4v) is 3.61. The molecule has 0 saturated heterocycles. The van der Waals surface area contributed by atoms with Crippen molar-refractivity contribution in [3.05, 3.63) is 59.2 Å². The number of fused-ring (bicyclic) bond motifs is 3. The van der Waals surface area contributed by atoms with Crippen LogP contribution in [0.3, 0.4) is 0 Å². The highest BCUT2D eigenvalue weighted by Gasteiger charge is 2.27. The molecular formula is C24H27NO6. The number of carbonyl (C=O) groups is 3. The first-order chi connectivity index (χ1) is 14.6. The molecule has 31 heavy (non-hydrogen) atoms. The van der Waals surface area contributed by atoms with Gasteiger partial charge in [-0.25, -0.2) is 9.59 Å². The third-order valence-electron chi connectivity index (χ3n) is 4.90. The smallest absolute Gasteiger partial charge is 0.408 e. The van der Waals surface area contributed by atoms with Crippen molar-refractivity contribution in [3.8, 4) is 11.1 Å². The van der Waals surface area contributed by atoms with E-state index in [9.17, 15) is 14.4 Å². The van der Waals surface area contributed by atoms with Gasteiger partial charge in [0, 0.05) is 6.42 Å². The fraction of sp³-hybridized carbons (Fsp3) is 0.375. The van der Waals surface area contributed by atoms with Gasteiger partial charge >= 0.3 is 18.0 Å². The average Bonchev–Trinajstić information content (AvgIpc) is 3.07. The topological polar surface area (TPSA) is 102 Å². The summed E-state index contributed by atoms with van der Waals surface area (Å²) in [6.07, 6.45) is -0.351. The molecule has 0 spiro atoms. The first-order valence-electron chi connectivity index (χ1n) is 10.2.